The number of hydrogen-bond acceptors (Lipinski definition) is 6. The van der Waals surface area contributed by atoms with Crippen LogP contribution < -0.4 is 16.4 Å². The Morgan fingerprint density at radius 2 is 2.12 bits per heavy atom. The van der Waals surface area contributed by atoms with Gasteiger partial charge in [-0.05, 0) is 43.2 Å². The normalized spacial score (nSPS) is 31.4. The number of carbonyl (C=O) groups is 3. The third-order valence-electron chi connectivity index (χ3n) is 7.91. The number of nitrogen functional groups attached to an aromatic ring is 1. The van der Waals surface area contributed by atoms with Crippen LogP contribution in [-0.4, -0.2) is 56.0 Å². The van der Waals surface area contributed by atoms with Crippen LogP contribution in [-0.2, 0) is 26.3 Å². The van der Waals surface area contributed by atoms with E-state index in [0.717, 1.165) is 36.9 Å². The number of amides is 3. The molecular formula is C23H27N7O3. The minimum absolute atomic E-state index is 0.0282. The van der Waals surface area contributed by atoms with Gasteiger partial charge >= 0.3 is 0 Å². The van der Waals surface area contributed by atoms with Gasteiger partial charge in [-0.2, -0.15) is 0 Å². The van der Waals surface area contributed by atoms with E-state index in [9.17, 15) is 14.4 Å². The van der Waals surface area contributed by atoms with Crippen LogP contribution in [0.25, 0.3) is 0 Å². The molecule has 1 spiro atoms. The molecule has 1 aromatic heterocycles. The molecule has 3 amide bonds. The fourth-order valence-corrected chi connectivity index (χ4v) is 6.36. The molecule has 1 saturated heterocycles. The molecule has 2 aliphatic carbocycles. The van der Waals surface area contributed by atoms with E-state index >= 15 is 0 Å². The van der Waals surface area contributed by atoms with Crippen LogP contribution in [0.3, 0.4) is 0 Å². The van der Waals surface area contributed by atoms with Gasteiger partial charge in [0.1, 0.15) is 12.9 Å². The van der Waals surface area contributed by atoms with E-state index in [4.69, 9.17) is 5.73 Å². The Balaban J connectivity index is 1.18. The smallest absolute Gasteiger partial charge is 0.241 e. The fraction of sp³-hybridized carbons (Fsp3) is 0.522. The molecule has 172 valence electrons. The molecule has 33 heavy (non-hydrogen) atoms. The molecule has 2 saturated carbocycles. The van der Waals surface area contributed by atoms with E-state index in [1.807, 2.05) is 29.2 Å². The lowest BCUT2D eigenvalue weighted by Gasteiger charge is -2.31. The van der Waals surface area contributed by atoms with Crippen LogP contribution in [0.1, 0.15) is 37.7 Å². The lowest BCUT2D eigenvalue weighted by atomic mass is 9.94. The molecule has 10 nitrogen and oxygen atoms in total. The van der Waals surface area contributed by atoms with Crippen molar-refractivity contribution in [3.63, 3.8) is 0 Å². The predicted octanol–water partition coefficient (Wildman–Crippen LogP) is 0.656. The second-order valence-corrected chi connectivity index (χ2v) is 9.73. The Kier molecular flexibility index (Phi) is 4.46. The van der Waals surface area contributed by atoms with Crippen molar-refractivity contribution >= 4 is 29.4 Å². The van der Waals surface area contributed by atoms with Crippen molar-refractivity contribution in [2.45, 2.75) is 56.1 Å². The van der Waals surface area contributed by atoms with Crippen LogP contribution in [0.2, 0.25) is 0 Å². The maximum absolute atomic E-state index is 13.8. The summed E-state index contributed by atoms with van der Waals surface area (Å²) in [6.07, 6.45) is 6.06. The topological polar surface area (TPSA) is 135 Å². The van der Waals surface area contributed by atoms with Crippen LogP contribution >= 0.6 is 0 Å². The van der Waals surface area contributed by atoms with Crippen molar-refractivity contribution in [2.75, 3.05) is 17.6 Å². The summed E-state index contributed by atoms with van der Waals surface area (Å²) in [4.78, 5) is 45.0. The lowest BCUT2D eigenvalue weighted by molar-refractivity contribution is -0.137. The average molecular weight is 450 g/mol. The zero-order valence-electron chi connectivity index (χ0n) is 18.2. The highest BCUT2D eigenvalue weighted by molar-refractivity contribution is 6.12. The first-order valence-electron chi connectivity index (χ1n) is 11.6. The zero-order chi connectivity index (χ0) is 22.7. The number of hydrogen-bond donors (Lipinski definition) is 3. The predicted molar refractivity (Wildman–Crippen MR) is 119 cm³/mol. The molecule has 2 aliphatic heterocycles. The lowest BCUT2D eigenvalue weighted by Crippen LogP contribution is -2.48. The van der Waals surface area contributed by atoms with Crippen molar-refractivity contribution in [1.82, 2.24) is 25.0 Å². The Morgan fingerprint density at radius 1 is 1.27 bits per heavy atom. The Morgan fingerprint density at radius 3 is 2.94 bits per heavy atom. The molecule has 10 heteroatoms. The van der Waals surface area contributed by atoms with E-state index < -0.39 is 5.41 Å². The number of para-hydroxylation sites is 1. The molecule has 0 radical (unpaired) electrons. The maximum atomic E-state index is 13.8. The number of nitrogens with two attached hydrogens (primary N) is 1. The van der Waals surface area contributed by atoms with Gasteiger partial charge in [-0.15, -0.1) is 5.10 Å². The largest absolute Gasteiger partial charge is 0.367 e. The Bertz CT molecular complexity index is 1150. The highest BCUT2D eigenvalue weighted by Crippen LogP contribution is 2.61. The number of aromatic nitrogens is 3. The van der Waals surface area contributed by atoms with Gasteiger partial charge in [0, 0.05) is 24.3 Å². The average Bonchev–Trinajstić information content (AvgIpc) is 3.07. The summed E-state index contributed by atoms with van der Waals surface area (Å²) < 4.78 is 1.39. The molecule has 0 bridgehead atoms. The molecule has 2 unspecified atom stereocenters. The van der Waals surface area contributed by atoms with E-state index in [1.54, 1.807) is 0 Å². The van der Waals surface area contributed by atoms with E-state index in [0.29, 0.717) is 18.9 Å². The minimum atomic E-state index is -0.731. The summed E-state index contributed by atoms with van der Waals surface area (Å²) in [7, 11) is 0. The molecule has 4 aliphatic rings. The first kappa shape index (κ1) is 20.2. The van der Waals surface area contributed by atoms with E-state index in [2.05, 4.69) is 20.7 Å². The number of rotatable bonds is 5. The Hall–Kier alpha value is -3.43. The molecule has 4 N–H and O–H groups in total. The van der Waals surface area contributed by atoms with Crippen molar-refractivity contribution in [1.29, 1.82) is 0 Å². The maximum Gasteiger partial charge on any atom is 0.241 e. The molecule has 1 aromatic carbocycles. The Labute approximate surface area is 190 Å². The molecule has 3 fully saturated rings. The van der Waals surface area contributed by atoms with Crippen LogP contribution in [0.15, 0.2) is 30.6 Å². The monoisotopic (exact) mass is 449 g/mol. The second kappa shape index (κ2) is 7.29. The van der Waals surface area contributed by atoms with Crippen molar-refractivity contribution in [3.05, 3.63) is 36.2 Å². The minimum Gasteiger partial charge on any atom is -0.367 e. The molecule has 5 atom stereocenters. The number of nitrogens with one attached hydrogen (secondary N) is 2. The van der Waals surface area contributed by atoms with Crippen molar-refractivity contribution in [3.8, 4) is 0 Å². The van der Waals surface area contributed by atoms with Gasteiger partial charge < -0.3 is 21.3 Å². The summed E-state index contributed by atoms with van der Waals surface area (Å²) >= 11 is 0. The summed E-state index contributed by atoms with van der Waals surface area (Å²) in [6, 6.07) is 7.81. The number of likely N-dealkylation sites (tertiary alicyclic amines) is 1. The number of fused-ring (bicyclic) bond motifs is 3. The van der Waals surface area contributed by atoms with Crippen LogP contribution in [0.4, 0.5) is 11.6 Å². The second-order valence-electron chi connectivity index (χ2n) is 9.73. The molecule has 3 heterocycles. The standard InChI is InChI=1S/C23H27N7O3/c24-22-26-12-29(28-22)11-19(31)25-10-14-8-13-4-3-7-18(13)30(14)20(32)16-9-23(16)15-5-1-2-6-17(15)27-21(23)33/h1-2,5-6,12-14,16,18H,3-4,7-11H2,(H2,24,28)(H,25,31)(H,27,33)/t13-,14-,16?,18-,23?/m0/s1. The van der Waals surface area contributed by atoms with Gasteiger partial charge in [0.2, 0.25) is 23.7 Å². The van der Waals surface area contributed by atoms with E-state index in [1.165, 1.54) is 11.0 Å². The first-order valence-corrected chi connectivity index (χ1v) is 11.6. The first-order chi connectivity index (χ1) is 16.0. The summed E-state index contributed by atoms with van der Waals surface area (Å²) in [5.74, 6) is 0.0401. The fourth-order valence-electron chi connectivity index (χ4n) is 6.36. The van der Waals surface area contributed by atoms with Gasteiger partial charge in [-0.3, -0.25) is 14.4 Å². The van der Waals surface area contributed by atoms with Gasteiger partial charge in [-0.1, -0.05) is 24.6 Å². The highest BCUT2D eigenvalue weighted by atomic mass is 16.2. The van der Waals surface area contributed by atoms with Crippen molar-refractivity contribution < 1.29 is 14.4 Å². The highest BCUT2D eigenvalue weighted by Gasteiger charge is 2.69. The van der Waals surface area contributed by atoms with Gasteiger partial charge in [-0.25, -0.2) is 9.67 Å². The van der Waals surface area contributed by atoms with Gasteiger partial charge in [0.25, 0.3) is 0 Å². The quantitative estimate of drug-likeness (QED) is 0.614. The third-order valence-corrected chi connectivity index (χ3v) is 7.91. The zero-order valence-corrected chi connectivity index (χ0v) is 18.2. The third kappa shape index (κ3) is 3.11. The molecule has 2 aromatic rings. The van der Waals surface area contributed by atoms with Gasteiger partial charge in [0.15, 0.2) is 0 Å². The number of anilines is 2. The molecule has 6 rings (SSSR count). The number of carbonyl (C=O) groups excluding carboxylic acids is 3. The SMILES string of the molecule is Nc1ncn(CC(=O)NC[C@@H]2C[C@@H]3CCC[C@@H]3N2C(=O)C2CC23C(=O)Nc2ccccc23)n1. The number of nitrogens with zero attached hydrogens (tertiary/aromatic N) is 4. The van der Waals surface area contributed by atoms with Gasteiger partial charge in [0.05, 0.1) is 11.3 Å². The summed E-state index contributed by atoms with van der Waals surface area (Å²) in [5, 5.41) is 9.86. The van der Waals surface area contributed by atoms with Crippen LogP contribution in [0.5, 0.6) is 0 Å². The number of benzene rings is 1. The molecular weight excluding hydrogens is 422 g/mol. The summed E-state index contributed by atoms with van der Waals surface area (Å²) in [5.41, 5.74) is 6.53. The van der Waals surface area contributed by atoms with E-state index in [-0.39, 0.29) is 48.2 Å². The van der Waals surface area contributed by atoms with Crippen LogP contribution in [0, 0.1) is 11.8 Å². The van der Waals surface area contributed by atoms with Crippen molar-refractivity contribution in [2.24, 2.45) is 11.8 Å². The summed E-state index contributed by atoms with van der Waals surface area (Å²) in [6.45, 7) is 0.421.